The molecule has 0 spiro atoms. The van der Waals surface area contributed by atoms with Crippen molar-refractivity contribution in [3.8, 4) is 5.75 Å². The molecule has 2 rings (SSSR count). The summed E-state index contributed by atoms with van der Waals surface area (Å²) in [5.74, 6) is -0.703. The van der Waals surface area contributed by atoms with Crippen LogP contribution in [-0.2, 0) is 4.74 Å². The lowest BCUT2D eigenvalue weighted by atomic mass is 10.1. The Labute approximate surface area is 154 Å². The van der Waals surface area contributed by atoms with Gasteiger partial charge in [-0.2, -0.15) is 0 Å². The Morgan fingerprint density at radius 2 is 1.85 bits per heavy atom. The van der Waals surface area contributed by atoms with Gasteiger partial charge in [0.25, 0.3) is 5.69 Å². The van der Waals surface area contributed by atoms with Crippen molar-refractivity contribution in [2.45, 2.75) is 20.0 Å². The number of halogens is 1. The Morgan fingerprint density at radius 3 is 2.42 bits per heavy atom. The van der Waals surface area contributed by atoms with Gasteiger partial charge in [0.2, 0.25) is 5.78 Å². The van der Waals surface area contributed by atoms with E-state index < -0.39 is 22.8 Å². The zero-order valence-corrected chi connectivity index (χ0v) is 14.9. The lowest BCUT2D eigenvalue weighted by Crippen LogP contribution is -2.24. The number of carbonyl (C=O) groups is 2. The number of carbonyl (C=O) groups excluding carboxylic acids is 2. The number of non-ortho nitro benzene ring substituents is 1. The van der Waals surface area contributed by atoms with Crippen molar-refractivity contribution in [3.05, 3.63) is 68.7 Å². The highest BCUT2D eigenvalue weighted by molar-refractivity contribution is 6.33. The maximum atomic E-state index is 12.4. The molecule has 0 amide bonds. The fourth-order valence-corrected chi connectivity index (χ4v) is 2.37. The van der Waals surface area contributed by atoms with E-state index in [0.717, 1.165) is 6.07 Å². The largest absolute Gasteiger partial charge is 0.494 e. The minimum absolute atomic E-state index is 0.00122. The van der Waals surface area contributed by atoms with Crippen LogP contribution in [0.2, 0.25) is 5.02 Å². The van der Waals surface area contributed by atoms with Crippen LogP contribution >= 0.6 is 11.6 Å². The molecule has 0 aliphatic rings. The van der Waals surface area contributed by atoms with Crippen LogP contribution in [0.4, 0.5) is 5.69 Å². The molecule has 0 fully saturated rings. The minimum Gasteiger partial charge on any atom is -0.494 e. The van der Waals surface area contributed by atoms with Crippen LogP contribution < -0.4 is 4.74 Å². The molecule has 2 aromatic carbocycles. The number of benzene rings is 2. The Balaban J connectivity index is 2.12. The number of nitrogens with zero attached hydrogens (tertiary/aromatic N) is 1. The third-order valence-electron chi connectivity index (χ3n) is 3.48. The summed E-state index contributed by atoms with van der Waals surface area (Å²) in [6, 6.07) is 9.84. The van der Waals surface area contributed by atoms with Gasteiger partial charge in [0.1, 0.15) is 5.75 Å². The Morgan fingerprint density at radius 1 is 1.19 bits per heavy atom. The molecule has 0 radical (unpaired) electrons. The van der Waals surface area contributed by atoms with Gasteiger partial charge in [-0.1, -0.05) is 11.6 Å². The molecule has 0 saturated carbocycles. The Hall–Kier alpha value is -2.93. The third kappa shape index (κ3) is 4.58. The van der Waals surface area contributed by atoms with Gasteiger partial charge in [0.05, 0.1) is 22.1 Å². The Bertz CT molecular complexity index is 834. The summed E-state index contributed by atoms with van der Waals surface area (Å²) in [6.45, 7) is 3.77. The lowest BCUT2D eigenvalue weighted by molar-refractivity contribution is -0.384. The predicted molar refractivity (Wildman–Crippen MR) is 94.9 cm³/mol. The molecule has 0 N–H and O–H groups in total. The molecule has 136 valence electrons. The van der Waals surface area contributed by atoms with Gasteiger partial charge in [0.15, 0.2) is 6.10 Å². The van der Waals surface area contributed by atoms with Crippen LogP contribution in [0.3, 0.4) is 0 Å². The molecule has 2 aromatic rings. The fraction of sp³-hybridized carbons (Fsp3) is 0.222. The fourth-order valence-electron chi connectivity index (χ4n) is 2.18. The monoisotopic (exact) mass is 377 g/mol. The molecule has 7 nitrogen and oxygen atoms in total. The van der Waals surface area contributed by atoms with Crippen LogP contribution in [0.25, 0.3) is 0 Å². The predicted octanol–water partition coefficient (Wildman–Crippen LogP) is 4.08. The van der Waals surface area contributed by atoms with Crippen molar-refractivity contribution in [1.29, 1.82) is 0 Å². The second-order valence-electron chi connectivity index (χ2n) is 5.29. The number of ketones is 1. The highest BCUT2D eigenvalue weighted by Crippen LogP contribution is 2.23. The summed E-state index contributed by atoms with van der Waals surface area (Å²) < 4.78 is 10.4. The first-order valence-corrected chi connectivity index (χ1v) is 8.13. The highest BCUT2D eigenvalue weighted by Gasteiger charge is 2.23. The van der Waals surface area contributed by atoms with Gasteiger partial charge in [0, 0.05) is 17.7 Å². The highest BCUT2D eigenvalue weighted by atomic mass is 35.5. The number of rotatable bonds is 7. The average molecular weight is 378 g/mol. The van der Waals surface area contributed by atoms with Gasteiger partial charge in [-0.15, -0.1) is 0 Å². The summed E-state index contributed by atoms with van der Waals surface area (Å²) in [7, 11) is 0. The molecule has 1 atom stereocenters. The molecular weight excluding hydrogens is 362 g/mol. The molecule has 0 unspecified atom stereocenters. The smallest absolute Gasteiger partial charge is 0.340 e. The van der Waals surface area contributed by atoms with Crippen molar-refractivity contribution >= 4 is 29.0 Å². The maximum Gasteiger partial charge on any atom is 0.340 e. The standard InChI is InChI=1S/C18H16ClNO6/c1-3-25-14-7-4-12(5-8-14)17(21)11(2)26-18(22)15-10-13(20(23)24)6-9-16(15)19/h4-11H,3H2,1-2H3/t11-/m1/s1. The van der Waals surface area contributed by atoms with E-state index in [2.05, 4.69) is 0 Å². The van der Waals surface area contributed by atoms with Crippen LogP contribution in [0.5, 0.6) is 5.75 Å². The summed E-state index contributed by atoms with van der Waals surface area (Å²) in [4.78, 5) is 34.8. The normalized spacial score (nSPS) is 11.5. The maximum absolute atomic E-state index is 12.4. The third-order valence-corrected chi connectivity index (χ3v) is 3.81. The summed E-state index contributed by atoms with van der Waals surface area (Å²) in [6.07, 6.45) is -1.09. The zero-order valence-electron chi connectivity index (χ0n) is 14.1. The van der Waals surface area contributed by atoms with Crippen molar-refractivity contribution in [2.24, 2.45) is 0 Å². The molecule has 8 heteroatoms. The first-order chi connectivity index (χ1) is 12.3. The molecule has 0 heterocycles. The summed E-state index contributed by atoms with van der Waals surface area (Å²) in [5.41, 5.74) is -0.127. The molecule has 0 aliphatic carbocycles. The molecule has 0 bridgehead atoms. The first kappa shape index (κ1) is 19.4. The SMILES string of the molecule is CCOc1ccc(C(=O)[C@@H](C)OC(=O)c2cc([N+](=O)[O-])ccc2Cl)cc1. The second kappa shape index (κ2) is 8.44. The molecule has 26 heavy (non-hydrogen) atoms. The van der Waals surface area contributed by atoms with E-state index in [1.165, 1.54) is 19.1 Å². The van der Waals surface area contributed by atoms with E-state index in [9.17, 15) is 19.7 Å². The van der Waals surface area contributed by atoms with Gasteiger partial charge in [-0.3, -0.25) is 14.9 Å². The van der Waals surface area contributed by atoms with Gasteiger partial charge in [-0.05, 0) is 44.2 Å². The number of nitro groups is 1. The van der Waals surface area contributed by atoms with E-state index >= 15 is 0 Å². The van der Waals surface area contributed by atoms with Crippen molar-refractivity contribution < 1.29 is 24.0 Å². The quantitative estimate of drug-likeness (QED) is 0.312. The van der Waals surface area contributed by atoms with Crippen LogP contribution in [0.1, 0.15) is 34.6 Å². The number of nitro benzene ring substituents is 1. The Kier molecular flexibility index (Phi) is 6.30. The number of hydrogen-bond acceptors (Lipinski definition) is 6. The molecule has 0 saturated heterocycles. The average Bonchev–Trinajstić information content (AvgIpc) is 2.62. The molecule has 0 aliphatic heterocycles. The van der Waals surface area contributed by atoms with Crippen molar-refractivity contribution in [1.82, 2.24) is 0 Å². The van der Waals surface area contributed by atoms with E-state index in [1.54, 1.807) is 24.3 Å². The van der Waals surface area contributed by atoms with E-state index in [-0.39, 0.29) is 16.3 Å². The number of hydrogen-bond donors (Lipinski definition) is 0. The topological polar surface area (TPSA) is 95.7 Å². The van der Waals surface area contributed by atoms with Crippen LogP contribution in [0, 0.1) is 10.1 Å². The van der Waals surface area contributed by atoms with Crippen LogP contribution in [-0.4, -0.2) is 29.4 Å². The van der Waals surface area contributed by atoms with E-state index in [0.29, 0.717) is 17.9 Å². The number of ether oxygens (including phenoxy) is 2. The minimum atomic E-state index is -1.09. The van der Waals surface area contributed by atoms with E-state index in [4.69, 9.17) is 21.1 Å². The van der Waals surface area contributed by atoms with Gasteiger partial charge in [-0.25, -0.2) is 4.79 Å². The lowest BCUT2D eigenvalue weighted by Gasteiger charge is -2.13. The van der Waals surface area contributed by atoms with E-state index in [1.807, 2.05) is 6.92 Å². The number of esters is 1. The van der Waals surface area contributed by atoms with Gasteiger partial charge < -0.3 is 9.47 Å². The first-order valence-electron chi connectivity index (χ1n) is 7.75. The van der Waals surface area contributed by atoms with Crippen molar-refractivity contribution in [3.63, 3.8) is 0 Å². The number of Topliss-reactive ketones (excluding diaryl/α,β-unsaturated/α-hetero) is 1. The molecular formula is C18H16ClNO6. The second-order valence-corrected chi connectivity index (χ2v) is 5.70. The summed E-state index contributed by atoms with van der Waals surface area (Å²) >= 11 is 5.90. The van der Waals surface area contributed by atoms with Gasteiger partial charge >= 0.3 is 5.97 Å². The summed E-state index contributed by atoms with van der Waals surface area (Å²) in [5, 5.41) is 10.8. The molecule has 0 aromatic heterocycles. The van der Waals surface area contributed by atoms with Crippen LogP contribution in [0.15, 0.2) is 42.5 Å². The van der Waals surface area contributed by atoms with Crippen molar-refractivity contribution in [2.75, 3.05) is 6.61 Å². The zero-order chi connectivity index (χ0) is 19.3.